The van der Waals surface area contributed by atoms with E-state index in [9.17, 15) is 9.59 Å². The molecule has 0 saturated heterocycles. The molecule has 0 aromatic rings. The lowest BCUT2D eigenvalue weighted by Gasteiger charge is -2.21. The summed E-state index contributed by atoms with van der Waals surface area (Å²) >= 11 is 0. The average Bonchev–Trinajstić information content (AvgIpc) is 2.11. The van der Waals surface area contributed by atoms with Crippen molar-refractivity contribution in [2.75, 3.05) is 7.11 Å². The summed E-state index contributed by atoms with van der Waals surface area (Å²) in [7, 11) is 1.26. The molecule has 14 heavy (non-hydrogen) atoms. The number of carbonyl (C=O) groups excluding carboxylic acids is 2. The Kier molecular flexibility index (Phi) is 4.91. The van der Waals surface area contributed by atoms with Crippen molar-refractivity contribution in [1.82, 2.24) is 0 Å². The second-order valence-electron chi connectivity index (χ2n) is 3.29. The molecule has 0 spiro atoms. The van der Waals surface area contributed by atoms with Gasteiger partial charge in [-0.25, -0.2) is 4.79 Å². The Morgan fingerprint density at radius 2 is 1.79 bits per heavy atom. The van der Waals surface area contributed by atoms with Gasteiger partial charge in [-0.3, -0.25) is 4.79 Å². The number of hydrogen-bond acceptors (Lipinski definition) is 4. The van der Waals surface area contributed by atoms with Crippen molar-refractivity contribution in [3.05, 3.63) is 12.2 Å². The second-order valence-corrected chi connectivity index (χ2v) is 3.29. The first-order chi connectivity index (χ1) is 6.40. The first-order valence-corrected chi connectivity index (χ1v) is 4.34. The van der Waals surface area contributed by atoms with E-state index in [1.807, 2.05) is 13.8 Å². The van der Waals surface area contributed by atoms with Gasteiger partial charge in [0.15, 0.2) is 0 Å². The number of carbonyl (C=O) groups is 2. The summed E-state index contributed by atoms with van der Waals surface area (Å²) in [6.45, 7) is 8.51. The molecule has 0 bridgehead atoms. The van der Waals surface area contributed by atoms with Crippen LogP contribution in [0.3, 0.4) is 0 Å². The predicted molar refractivity (Wildman–Crippen MR) is 51.5 cm³/mol. The Hall–Kier alpha value is -1.32. The van der Waals surface area contributed by atoms with E-state index in [4.69, 9.17) is 4.74 Å². The molecular formula is C10H16O4. The molecule has 1 atom stereocenters. The highest BCUT2D eigenvalue weighted by Crippen LogP contribution is 2.16. The molecule has 0 heterocycles. The van der Waals surface area contributed by atoms with Gasteiger partial charge >= 0.3 is 11.9 Å². The molecule has 4 heteroatoms. The van der Waals surface area contributed by atoms with Gasteiger partial charge in [-0.05, 0) is 5.92 Å². The third-order valence-electron chi connectivity index (χ3n) is 1.69. The minimum atomic E-state index is -0.611. The third kappa shape index (κ3) is 3.60. The van der Waals surface area contributed by atoms with Crippen LogP contribution in [0.15, 0.2) is 12.2 Å². The summed E-state index contributed by atoms with van der Waals surface area (Å²) < 4.78 is 9.45. The van der Waals surface area contributed by atoms with Gasteiger partial charge < -0.3 is 9.47 Å². The Morgan fingerprint density at radius 1 is 1.29 bits per heavy atom. The molecule has 0 radical (unpaired) electrons. The van der Waals surface area contributed by atoms with Gasteiger partial charge in [0.1, 0.15) is 6.10 Å². The van der Waals surface area contributed by atoms with E-state index in [2.05, 4.69) is 11.3 Å². The first kappa shape index (κ1) is 12.7. The molecule has 0 unspecified atom stereocenters. The quantitative estimate of drug-likeness (QED) is 0.507. The molecular weight excluding hydrogens is 184 g/mol. The highest BCUT2D eigenvalue weighted by Gasteiger charge is 2.25. The van der Waals surface area contributed by atoms with Gasteiger partial charge in [-0.15, -0.1) is 0 Å². The monoisotopic (exact) mass is 200 g/mol. The number of ether oxygens (including phenoxy) is 2. The SMILES string of the molecule is C=C(C(=O)OC)[C@H](OC(C)=O)C(C)C. The van der Waals surface area contributed by atoms with Crippen molar-refractivity contribution in [2.45, 2.75) is 26.9 Å². The van der Waals surface area contributed by atoms with Crippen molar-refractivity contribution in [1.29, 1.82) is 0 Å². The van der Waals surface area contributed by atoms with Gasteiger partial charge in [0.25, 0.3) is 0 Å². The largest absolute Gasteiger partial charge is 0.466 e. The zero-order chi connectivity index (χ0) is 11.3. The molecule has 0 amide bonds. The normalized spacial score (nSPS) is 12.1. The average molecular weight is 200 g/mol. The number of rotatable bonds is 4. The molecule has 0 aliphatic heterocycles. The van der Waals surface area contributed by atoms with Gasteiger partial charge in [-0.1, -0.05) is 20.4 Å². The van der Waals surface area contributed by atoms with Crippen molar-refractivity contribution in [3.8, 4) is 0 Å². The Bertz CT molecular complexity index is 243. The molecule has 0 N–H and O–H groups in total. The van der Waals surface area contributed by atoms with Crippen LogP contribution in [0.25, 0.3) is 0 Å². The fourth-order valence-electron chi connectivity index (χ4n) is 1.04. The molecule has 0 saturated carbocycles. The van der Waals surface area contributed by atoms with Crippen molar-refractivity contribution in [3.63, 3.8) is 0 Å². The maximum atomic E-state index is 11.1. The molecule has 0 aliphatic rings. The fourth-order valence-corrected chi connectivity index (χ4v) is 1.04. The van der Waals surface area contributed by atoms with Crippen LogP contribution < -0.4 is 0 Å². The summed E-state index contributed by atoms with van der Waals surface area (Å²) in [5, 5.41) is 0. The van der Waals surface area contributed by atoms with Crippen LogP contribution in [0.5, 0.6) is 0 Å². The van der Waals surface area contributed by atoms with Crippen LogP contribution in [0, 0.1) is 5.92 Å². The standard InChI is InChI=1S/C10H16O4/c1-6(2)9(14-8(4)11)7(3)10(12)13-5/h6,9H,3H2,1-2,4-5H3/t9-/m1/s1. The van der Waals surface area contributed by atoms with Gasteiger partial charge in [0, 0.05) is 6.92 Å². The van der Waals surface area contributed by atoms with Crippen molar-refractivity contribution < 1.29 is 19.1 Å². The van der Waals surface area contributed by atoms with E-state index < -0.39 is 18.0 Å². The summed E-state index contributed by atoms with van der Waals surface area (Å²) in [5.41, 5.74) is 0.165. The molecule has 0 rings (SSSR count). The number of esters is 2. The minimum Gasteiger partial charge on any atom is -0.466 e. The lowest BCUT2D eigenvalue weighted by atomic mass is 10.0. The zero-order valence-corrected chi connectivity index (χ0v) is 8.99. The maximum Gasteiger partial charge on any atom is 0.336 e. The van der Waals surface area contributed by atoms with E-state index in [0.29, 0.717) is 0 Å². The van der Waals surface area contributed by atoms with Gasteiger partial charge in [0.05, 0.1) is 12.7 Å². The zero-order valence-electron chi connectivity index (χ0n) is 8.99. The van der Waals surface area contributed by atoms with E-state index in [-0.39, 0.29) is 11.5 Å². The molecule has 0 aliphatic carbocycles. The highest BCUT2D eigenvalue weighted by atomic mass is 16.6. The highest BCUT2D eigenvalue weighted by molar-refractivity contribution is 5.89. The lowest BCUT2D eigenvalue weighted by Crippen LogP contribution is -2.28. The molecule has 0 aromatic heterocycles. The first-order valence-electron chi connectivity index (χ1n) is 4.34. The number of methoxy groups -OCH3 is 1. The van der Waals surface area contributed by atoms with E-state index in [0.717, 1.165) is 0 Å². The van der Waals surface area contributed by atoms with Crippen molar-refractivity contribution in [2.24, 2.45) is 5.92 Å². The van der Waals surface area contributed by atoms with E-state index in [1.54, 1.807) is 0 Å². The van der Waals surface area contributed by atoms with E-state index in [1.165, 1.54) is 14.0 Å². The van der Waals surface area contributed by atoms with Crippen LogP contribution in [0.4, 0.5) is 0 Å². The topological polar surface area (TPSA) is 52.6 Å². The minimum absolute atomic E-state index is 0.00880. The Labute approximate surface area is 83.9 Å². The summed E-state index contributed by atoms with van der Waals surface area (Å²) in [6.07, 6.45) is -0.611. The van der Waals surface area contributed by atoms with Crippen molar-refractivity contribution >= 4 is 11.9 Å². The van der Waals surface area contributed by atoms with Crippen LogP contribution in [0.2, 0.25) is 0 Å². The van der Waals surface area contributed by atoms with Crippen LogP contribution in [-0.2, 0) is 19.1 Å². The fraction of sp³-hybridized carbons (Fsp3) is 0.600. The Balaban J connectivity index is 4.57. The predicted octanol–water partition coefficient (Wildman–Crippen LogP) is 1.30. The summed E-state index contributed by atoms with van der Waals surface area (Å²) in [4.78, 5) is 21.9. The van der Waals surface area contributed by atoms with E-state index >= 15 is 0 Å². The lowest BCUT2D eigenvalue weighted by molar-refractivity contribution is -0.148. The maximum absolute atomic E-state index is 11.1. The summed E-state index contributed by atoms with van der Waals surface area (Å²) in [6, 6.07) is 0. The smallest absolute Gasteiger partial charge is 0.336 e. The Morgan fingerprint density at radius 3 is 2.07 bits per heavy atom. The number of hydrogen-bond donors (Lipinski definition) is 0. The summed E-state index contributed by atoms with van der Waals surface area (Å²) in [5.74, 6) is -0.996. The molecule has 4 nitrogen and oxygen atoms in total. The van der Waals surface area contributed by atoms with Crippen LogP contribution in [-0.4, -0.2) is 25.2 Å². The molecule has 0 fully saturated rings. The van der Waals surface area contributed by atoms with Gasteiger partial charge in [0.2, 0.25) is 0 Å². The second kappa shape index (κ2) is 5.42. The molecule has 80 valence electrons. The van der Waals surface area contributed by atoms with Gasteiger partial charge in [-0.2, -0.15) is 0 Å². The van der Waals surface area contributed by atoms with Crippen LogP contribution >= 0.6 is 0 Å². The molecule has 0 aromatic carbocycles. The third-order valence-corrected chi connectivity index (χ3v) is 1.69. The van der Waals surface area contributed by atoms with Crippen LogP contribution in [0.1, 0.15) is 20.8 Å².